The molecule has 0 aliphatic rings. The zero-order chi connectivity index (χ0) is 24.1. The normalized spacial score (nSPS) is 11.8. The minimum atomic E-state index is -0.526. The second-order valence-electron chi connectivity index (χ2n) is 7.04. The summed E-state index contributed by atoms with van der Waals surface area (Å²) < 4.78 is 5.98. The molecule has 0 aliphatic heterocycles. The van der Waals surface area contributed by atoms with Gasteiger partial charge >= 0.3 is 0 Å². The molecule has 4 N–H and O–H groups in total. The molecule has 0 radical (unpaired) electrons. The van der Waals surface area contributed by atoms with Crippen molar-refractivity contribution in [2.45, 2.75) is 13.8 Å². The average Bonchev–Trinajstić information content (AvgIpc) is 3.29. The number of carbonyl (C=O) groups is 2. The predicted molar refractivity (Wildman–Crippen MR) is 138 cm³/mol. The number of thiocarbonyl (C=S) groups is 2. The molecule has 0 spiro atoms. The molecule has 0 saturated carbocycles. The van der Waals surface area contributed by atoms with E-state index in [0.717, 1.165) is 11.1 Å². The second-order valence-corrected chi connectivity index (χ2v) is 8.26. The van der Waals surface area contributed by atoms with Gasteiger partial charge in [0.05, 0.1) is 9.73 Å². The largest absolute Gasteiger partial charge is 0.456 e. The Morgan fingerprint density at radius 3 is 1.30 bits per heavy atom. The number of hydrogen-bond donors (Lipinski definition) is 2. The van der Waals surface area contributed by atoms with E-state index in [-0.39, 0.29) is 21.4 Å². The fraction of sp³-hybridized carbons (Fsp3) is 0.0833. The summed E-state index contributed by atoms with van der Waals surface area (Å²) in [6.07, 6.45) is 0. The molecular formula is C24H20N4O3S2. The lowest BCUT2D eigenvalue weighted by atomic mass is 10.1. The van der Waals surface area contributed by atoms with E-state index in [1.54, 1.807) is 24.3 Å². The van der Waals surface area contributed by atoms with Crippen molar-refractivity contribution in [1.29, 1.82) is 0 Å². The Bertz CT molecular complexity index is 1200. The number of amides is 2. The molecule has 1 aromatic heterocycles. The Labute approximate surface area is 201 Å². The van der Waals surface area contributed by atoms with Gasteiger partial charge in [-0.25, -0.2) is 0 Å². The van der Waals surface area contributed by atoms with Gasteiger partial charge in [0.2, 0.25) is 0 Å². The summed E-state index contributed by atoms with van der Waals surface area (Å²) in [6, 6.07) is 18.0. The highest BCUT2D eigenvalue weighted by Crippen LogP contribution is 2.29. The number of hydrogen-bond acceptors (Lipinski definition) is 5. The zero-order valence-corrected chi connectivity index (χ0v) is 19.5. The van der Waals surface area contributed by atoms with Gasteiger partial charge in [0.15, 0.2) is 0 Å². The van der Waals surface area contributed by atoms with Crippen molar-refractivity contribution >= 4 is 57.7 Å². The summed E-state index contributed by atoms with van der Waals surface area (Å²) in [5, 5.41) is 0. The maximum absolute atomic E-state index is 11.6. The first-order valence-corrected chi connectivity index (χ1v) is 10.6. The highest BCUT2D eigenvalue weighted by Gasteiger charge is 2.10. The summed E-state index contributed by atoms with van der Waals surface area (Å²) in [6.45, 7) is 3.01. The van der Waals surface area contributed by atoms with Crippen LogP contribution in [0.4, 0.5) is 0 Å². The number of aliphatic imine (C=N–C) groups is 2. The quantitative estimate of drug-likeness (QED) is 0.314. The van der Waals surface area contributed by atoms with Crippen LogP contribution in [0.25, 0.3) is 22.6 Å². The van der Waals surface area contributed by atoms with Gasteiger partial charge in [-0.15, -0.1) is 0 Å². The Kier molecular flexibility index (Phi) is 7.37. The number of rotatable bonds is 6. The van der Waals surface area contributed by atoms with Crippen LogP contribution in [0, 0.1) is 0 Å². The van der Waals surface area contributed by atoms with E-state index in [9.17, 15) is 9.59 Å². The fourth-order valence-corrected chi connectivity index (χ4v) is 2.86. The molecule has 3 rings (SSSR count). The summed E-state index contributed by atoms with van der Waals surface area (Å²) in [7, 11) is 0. The van der Waals surface area contributed by atoms with E-state index in [2.05, 4.69) is 9.98 Å². The molecular weight excluding hydrogens is 456 g/mol. The molecule has 1 heterocycles. The Morgan fingerprint density at radius 1 is 0.667 bits per heavy atom. The second kappa shape index (κ2) is 10.2. The lowest BCUT2D eigenvalue weighted by molar-refractivity contribution is -0.112. The molecule has 3 aromatic rings. The van der Waals surface area contributed by atoms with Gasteiger partial charge < -0.3 is 15.9 Å². The molecule has 7 nitrogen and oxygen atoms in total. The van der Waals surface area contributed by atoms with Crippen LogP contribution in [0.1, 0.15) is 25.0 Å². The summed E-state index contributed by atoms with van der Waals surface area (Å²) in [4.78, 5) is 31.1. The van der Waals surface area contributed by atoms with Gasteiger partial charge in [-0.05, 0) is 26.0 Å². The first kappa shape index (κ1) is 23.8. The Morgan fingerprint density at radius 2 is 1.00 bits per heavy atom. The highest BCUT2D eigenvalue weighted by molar-refractivity contribution is 7.82. The average molecular weight is 477 g/mol. The Hall–Kier alpha value is -3.82. The van der Waals surface area contributed by atoms with Gasteiger partial charge in [0.25, 0.3) is 11.8 Å². The van der Waals surface area contributed by atoms with Crippen molar-refractivity contribution in [2.75, 3.05) is 0 Å². The van der Waals surface area contributed by atoms with Gasteiger partial charge in [-0.1, -0.05) is 73.0 Å². The lowest BCUT2D eigenvalue weighted by Gasteiger charge is -2.03. The van der Waals surface area contributed by atoms with E-state index in [1.807, 2.05) is 36.4 Å². The number of nitrogens with zero attached hydrogens (tertiary/aromatic N) is 2. The van der Waals surface area contributed by atoms with Crippen molar-refractivity contribution in [1.82, 2.24) is 0 Å². The van der Waals surface area contributed by atoms with Gasteiger partial charge in [0, 0.05) is 22.3 Å². The van der Waals surface area contributed by atoms with Crippen LogP contribution in [0.2, 0.25) is 0 Å². The number of carbonyl (C=O) groups excluding carboxylic acids is 2. The lowest BCUT2D eigenvalue weighted by Crippen LogP contribution is -2.17. The maximum Gasteiger partial charge on any atom is 0.285 e. The SMILES string of the molecule is CC(=S)C(=O)N=C(N)c1ccc(-c2ccc(-c3ccc(C(N)=NC(=O)C(C)=S)cc3)o2)cc1. The first-order chi connectivity index (χ1) is 15.7. The maximum atomic E-state index is 11.6. The molecule has 9 heteroatoms. The van der Waals surface area contributed by atoms with Gasteiger partial charge in [-0.3, -0.25) is 9.59 Å². The van der Waals surface area contributed by atoms with Crippen LogP contribution in [-0.2, 0) is 9.59 Å². The monoisotopic (exact) mass is 476 g/mol. The minimum absolute atomic E-state index is 0.0984. The third-order valence-electron chi connectivity index (χ3n) is 4.58. The summed E-state index contributed by atoms with van der Waals surface area (Å²) >= 11 is 9.61. The zero-order valence-electron chi connectivity index (χ0n) is 17.9. The smallest absolute Gasteiger partial charge is 0.285 e. The molecule has 2 amide bonds. The highest BCUT2D eigenvalue weighted by atomic mass is 32.1. The predicted octanol–water partition coefficient (Wildman–Crippen LogP) is 3.86. The number of amidine groups is 2. The van der Waals surface area contributed by atoms with Crippen LogP contribution in [0.5, 0.6) is 0 Å². The van der Waals surface area contributed by atoms with Crippen molar-refractivity contribution in [3.05, 3.63) is 71.8 Å². The van der Waals surface area contributed by atoms with Gasteiger partial charge in [-0.2, -0.15) is 9.98 Å². The van der Waals surface area contributed by atoms with E-state index in [1.165, 1.54) is 13.8 Å². The van der Waals surface area contributed by atoms with E-state index in [0.29, 0.717) is 22.6 Å². The van der Waals surface area contributed by atoms with Crippen molar-refractivity contribution in [3.8, 4) is 22.6 Å². The molecule has 0 aliphatic carbocycles. The molecule has 0 fully saturated rings. The third-order valence-corrected chi connectivity index (χ3v) is 4.93. The standard InChI is InChI=1S/C24H20N4O3S2/c1-13(32)23(29)27-21(25)17-7-3-15(4-8-17)19-11-12-20(31-19)16-5-9-18(10-6-16)22(26)28-24(30)14(2)33/h3-12H,1-2H3,(H2,25,27,29)(H2,26,28,30). The van der Waals surface area contributed by atoms with Crippen LogP contribution in [0.15, 0.2) is 75.1 Å². The van der Waals surface area contributed by atoms with Gasteiger partial charge in [0.1, 0.15) is 23.2 Å². The molecule has 0 bridgehead atoms. The van der Waals surface area contributed by atoms with E-state index in [4.69, 9.17) is 40.3 Å². The molecule has 33 heavy (non-hydrogen) atoms. The van der Waals surface area contributed by atoms with E-state index >= 15 is 0 Å². The third kappa shape index (κ3) is 5.91. The number of furan rings is 1. The van der Waals surface area contributed by atoms with Crippen molar-refractivity contribution < 1.29 is 14.0 Å². The van der Waals surface area contributed by atoms with Crippen LogP contribution in [0.3, 0.4) is 0 Å². The summed E-state index contributed by atoms with van der Waals surface area (Å²) in [5.41, 5.74) is 14.6. The Balaban J connectivity index is 1.77. The summed E-state index contributed by atoms with van der Waals surface area (Å²) in [5.74, 6) is 0.459. The van der Waals surface area contributed by atoms with Crippen LogP contribution in [-0.4, -0.2) is 33.2 Å². The van der Waals surface area contributed by atoms with Crippen LogP contribution < -0.4 is 11.5 Å². The molecule has 0 saturated heterocycles. The fourth-order valence-electron chi connectivity index (χ4n) is 2.76. The first-order valence-electron chi connectivity index (χ1n) is 9.75. The van der Waals surface area contributed by atoms with Crippen molar-refractivity contribution in [2.24, 2.45) is 21.5 Å². The topological polar surface area (TPSA) is 124 Å². The van der Waals surface area contributed by atoms with Crippen LogP contribution >= 0.6 is 24.4 Å². The molecule has 166 valence electrons. The van der Waals surface area contributed by atoms with Crippen molar-refractivity contribution in [3.63, 3.8) is 0 Å². The number of nitrogens with two attached hydrogens (primary N) is 2. The molecule has 0 unspecified atom stereocenters. The van der Waals surface area contributed by atoms with E-state index < -0.39 is 11.8 Å². The number of benzene rings is 2. The minimum Gasteiger partial charge on any atom is -0.456 e. The molecule has 0 atom stereocenters. The molecule has 2 aromatic carbocycles.